The number of ether oxygens (including phenoxy) is 4. The lowest BCUT2D eigenvalue weighted by Crippen LogP contribution is -2.62. The van der Waals surface area contributed by atoms with Crippen LogP contribution in [0.5, 0.6) is 0 Å². The lowest BCUT2D eigenvalue weighted by atomic mass is 9.99. The number of aliphatic hydroxyl groups excluding tert-OH is 7. The van der Waals surface area contributed by atoms with Crippen LogP contribution < -0.4 is 0 Å². The second-order valence-electron chi connectivity index (χ2n) is 8.22. The van der Waals surface area contributed by atoms with Crippen LogP contribution in [0, 0.1) is 0 Å². The predicted octanol–water partition coefficient (Wildman–Crippen LogP) is -2.01. The number of unbranched alkanes of at least 4 members (excludes halogenated alkanes) is 5. The van der Waals surface area contributed by atoms with Gasteiger partial charge >= 0.3 is 0 Å². The van der Waals surface area contributed by atoms with E-state index >= 15 is 0 Å². The molecule has 0 unspecified atom stereocenters. The van der Waals surface area contributed by atoms with E-state index in [-0.39, 0.29) is 6.61 Å². The third-order valence-electron chi connectivity index (χ3n) is 5.81. The molecule has 11 heteroatoms. The second-order valence-corrected chi connectivity index (χ2v) is 8.22. The lowest BCUT2D eigenvalue weighted by molar-refractivity contribution is -0.383. The molecule has 2 rings (SSSR count). The number of aliphatic hydroxyl groups is 7. The van der Waals surface area contributed by atoms with Crippen molar-refractivity contribution in [1.82, 2.24) is 0 Å². The Morgan fingerprint density at radius 1 is 0.806 bits per heavy atom. The van der Waals surface area contributed by atoms with Crippen LogP contribution in [0.15, 0.2) is 0 Å². The average molecular weight is 455 g/mol. The van der Waals surface area contributed by atoms with Crippen LogP contribution in [0.25, 0.3) is 0 Å². The maximum absolute atomic E-state index is 10.4. The zero-order chi connectivity index (χ0) is 23.0. The molecule has 7 N–H and O–H groups in total. The van der Waals surface area contributed by atoms with Gasteiger partial charge in [0.1, 0.15) is 49.3 Å². The van der Waals surface area contributed by atoms with E-state index in [0.29, 0.717) is 6.61 Å². The molecule has 9 atom stereocenters. The van der Waals surface area contributed by atoms with Gasteiger partial charge in [0.2, 0.25) is 5.79 Å². The molecule has 2 heterocycles. The van der Waals surface area contributed by atoms with Crippen molar-refractivity contribution in [2.24, 2.45) is 0 Å². The zero-order valence-electron chi connectivity index (χ0n) is 18.0. The average Bonchev–Trinajstić information content (AvgIpc) is 3.01. The maximum atomic E-state index is 10.4. The molecule has 0 radical (unpaired) electrons. The largest absolute Gasteiger partial charge is 0.394 e. The van der Waals surface area contributed by atoms with Gasteiger partial charge in [-0.1, -0.05) is 39.0 Å². The molecule has 11 nitrogen and oxygen atoms in total. The minimum Gasteiger partial charge on any atom is -0.394 e. The fourth-order valence-corrected chi connectivity index (χ4v) is 3.80. The summed E-state index contributed by atoms with van der Waals surface area (Å²) in [6.45, 7) is 0.992. The number of hydrogen-bond donors (Lipinski definition) is 7. The first-order chi connectivity index (χ1) is 14.8. The van der Waals surface area contributed by atoms with Crippen molar-refractivity contribution < 1.29 is 54.7 Å². The summed E-state index contributed by atoms with van der Waals surface area (Å²) in [5.74, 6) is -2.15. The lowest BCUT2D eigenvalue weighted by Gasteiger charge is -2.43. The van der Waals surface area contributed by atoms with Gasteiger partial charge in [0.15, 0.2) is 6.29 Å². The summed E-state index contributed by atoms with van der Waals surface area (Å²) in [6, 6.07) is 0. The minimum absolute atomic E-state index is 0.0486. The van der Waals surface area contributed by atoms with E-state index in [9.17, 15) is 35.7 Å². The first kappa shape index (κ1) is 26.8. The molecule has 0 bridgehead atoms. The highest BCUT2D eigenvalue weighted by Gasteiger charge is 2.58. The monoisotopic (exact) mass is 454 g/mol. The molecule has 0 aromatic heterocycles. The van der Waals surface area contributed by atoms with Gasteiger partial charge in [0.25, 0.3) is 0 Å². The van der Waals surface area contributed by atoms with Gasteiger partial charge < -0.3 is 54.7 Å². The highest BCUT2D eigenvalue weighted by Crippen LogP contribution is 2.36. The van der Waals surface area contributed by atoms with Crippen LogP contribution in [0.2, 0.25) is 0 Å². The summed E-state index contributed by atoms with van der Waals surface area (Å²) >= 11 is 0. The van der Waals surface area contributed by atoms with Crippen LogP contribution in [-0.2, 0) is 18.9 Å². The third-order valence-corrected chi connectivity index (χ3v) is 5.81. The van der Waals surface area contributed by atoms with Crippen LogP contribution >= 0.6 is 0 Å². The fourth-order valence-electron chi connectivity index (χ4n) is 3.80. The Hall–Kier alpha value is -0.440. The molecule has 0 spiro atoms. The Balaban J connectivity index is 1.89. The van der Waals surface area contributed by atoms with Crippen molar-refractivity contribution in [2.45, 2.75) is 100 Å². The summed E-state index contributed by atoms with van der Waals surface area (Å²) in [6.07, 6.45) is -5.52. The smallest absolute Gasteiger partial charge is 0.224 e. The van der Waals surface area contributed by atoms with Crippen molar-refractivity contribution in [2.75, 3.05) is 26.4 Å². The van der Waals surface area contributed by atoms with Crippen LogP contribution in [0.3, 0.4) is 0 Å². The molecular formula is C20H38O11. The Morgan fingerprint density at radius 3 is 2.13 bits per heavy atom. The Morgan fingerprint density at radius 2 is 1.48 bits per heavy atom. The topological polar surface area (TPSA) is 179 Å². The van der Waals surface area contributed by atoms with Gasteiger partial charge in [-0.25, -0.2) is 0 Å². The normalized spacial score (nSPS) is 41.0. The Bertz CT molecular complexity index is 508. The van der Waals surface area contributed by atoms with Gasteiger partial charge in [-0.3, -0.25) is 0 Å². The molecule has 2 fully saturated rings. The molecular weight excluding hydrogens is 416 g/mol. The zero-order valence-corrected chi connectivity index (χ0v) is 18.0. The van der Waals surface area contributed by atoms with Crippen molar-refractivity contribution in [1.29, 1.82) is 0 Å². The maximum Gasteiger partial charge on any atom is 0.224 e. The van der Waals surface area contributed by atoms with E-state index in [1.165, 1.54) is 19.3 Å². The third kappa shape index (κ3) is 6.55. The van der Waals surface area contributed by atoms with Gasteiger partial charge in [-0.05, 0) is 6.42 Å². The molecule has 2 aliphatic rings. The van der Waals surface area contributed by atoms with Crippen LogP contribution in [0.1, 0.15) is 45.4 Å². The molecule has 184 valence electrons. The molecule has 2 aliphatic heterocycles. The predicted molar refractivity (Wildman–Crippen MR) is 106 cm³/mol. The summed E-state index contributed by atoms with van der Waals surface area (Å²) in [5, 5.41) is 69.8. The molecule has 0 aromatic rings. The van der Waals surface area contributed by atoms with Crippen molar-refractivity contribution in [3.05, 3.63) is 0 Å². The minimum atomic E-state index is -2.15. The molecule has 0 aromatic carbocycles. The highest BCUT2D eigenvalue weighted by atomic mass is 16.8. The quantitative estimate of drug-likeness (QED) is 0.153. The second kappa shape index (κ2) is 12.7. The summed E-state index contributed by atoms with van der Waals surface area (Å²) in [5.41, 5.74) is 0. The SMILES string of the molecule is CCCCCCCCOC[C@H]1O[C@@](CO)(O[C@H]2O[C@H](CO)[C@@H](O)[C@H](O)[C@H]2O)[C@@H](O)[C@@H]1O. The molecule has 0 saturated carbocycles. The van der Waals surface area contributed by atoms with Crippen molar-refractivity contribution in [3.8, 4) is 0 Å². The summed E-state index contributed by atoms with van der Waals surface area (Å²) in [7, 11) is 0. The van der Waals surface area contributed by atoms with E-state index in [2.05, 4.69) is 6.92 Å². The molecule has 31 heavy (non-hydrogen) atoms. The summed E-state index contributed by atoms with van der Waals surface area (Å²) < 4.78 is 21.8. The molecule has 2 saturated heterocycles. The van der Waals surface area contributed by atoms with Gasteiger partial charge in [0.05, 0.1) is 13.2 Å². The summed E-state index contributed by atoms with van der Waals surface area (Å²) in [4.78, 5) is 0. The van der Waals surface area contributed by atoms with Crippen molar-refractivity contribution >= 4 is 0 Å². The van der Waals surface area contributed by atoms with E-state index in [4.69, 9.17) is 18.9 Å². The first-order valence-corrected chi connectivity index (χ1v) is 11.0. The van der Waals surface area contributed by atoms with Crippen LogP contribution in [-0.4, -0.2) is 117 Å². The van der Waals surface area contributed by atoms with E-state index in [0.717, 1.165) is 19.3 Å². The fraction of sp³-hybridized carbons (Fsp3) is 1.00. The number of rotatable bonds is 13. The van der Waals surface area contributed by atoms with Gasteiger partial charge in [-0.2, -0.15) is 0 Å². The number of hydrogen-bond acceptors (Lipinski definition) is 11. The Labute approximate surface area is 182 Å². The Kier molecular flexibility index (Phi) is 11.0. The highest BCUT2D eigenvalue weighted by molar-refractivity contribution is 4.98. The standard InChI is InChI=1S/C20H38O11/c1-2-3-4-5-6-7-8-28-10-13-15(24)18(27)20(11-22,30-13)31-19-17(26)16(25)14(23)12(9-21)29-19/h12-19,21-27H,2-11H2,1H3/t12-,13-,14-,15-,16+,17-,18+,19-,20+/m1/s1. The van der Waals surface area contributed by atoms with Gasteiger partial charge in [0, 0.05) is 6.61 Å². The molecule has 0 amide bonds. The first-order valence-electron chi connectivity index (χ1n) is 11.0. The van der Waals surface area contributed by atoms with E-state index in [1.807, 2.05) is 0 Å². The van der Waals surface area contributed by atoms with Gasteiger partial charge in [-0.15, -0.1) is 0 Å². The van der Waals surface area contributed by atoms with E-state index in [1.54, 1.807) is 0 Å². The van der Waals surface area contributed by atoms with E-state index < -0.39 is 68.0 Å². The van der Waals surface area contributed by atoms with Crippen LogP contribution in [0.4, 0.5) is 0 Å². The molecule has 0 aliphatic carbocycles. The van der Waals surface area contributed by atoms with Crippen molar-refractivity contribution in [3.63, 3.8) is 0 Å².